The van der Waals surface area contributed by atoms with Crippen molar-refractivity contribution in [2.45, 2.75) is 19.9 Å². The molecule has 2 aromatic carbocycles. The van der Waals surface area contributed by atoms with Gasteiger partial charge in [0, 0.05) is 51.4 Å². The maximum absolute atomic E-state index is 14.6. The van der Waals surface area contributed by atoms with Crippen molar-refractivity contribution in [1.29, 1.82) is 5.26 Å². The molecule has 0 aliphatic rings. The number of nitrogens with zero attached hydrogens (tertiary/aromatic N) is 3. The van der Waals surface area contributed by atoms with E-state index in [1.165, 1.54) is 13.4 Å². The van der Waals surface area contributed by atoms with Crippen LogP contribution in [0, 0.1) is 21.8 Å². The van der Waals surface area contributed by atoms with E-state index in [9.17, 15) is 9.36 Å². The molecule has 2 N–H and O–H groups in total. The quantitative estimate of drug-likeness (QED) is 0.252. The normalized spacial score (nSPS) is 12.8. The molecule has 2 heterocycles. The number of carbonyl (C=O) groups excluding carboxylic acids is 1. The van der Waals surface area contributed by atoms with E-state index in [1.54, 1.807) is 24.5 Å². The second-order valence-corrected chi connectivity index (χ2v) is 11.4. The van der Waals surface area contributed by atoms with Gasteiger partial charge in [0.1, 0.15) is 12.0 Å². The number of rotatable bonds is 7. The summed E-state index contributed by atoms with van der Waals surface area (Å²) < 4.78 is 21.2. The highest BCUT2D eigenvalue weighted by atomic mass is 127. The molecular formula is C24H21IN5O3P. The van der Waals surface area contributed by atoms with Gasteiger partial charge in [0.05, 0.1) is 17.8 Å². The number of fused-ring (bicyclic) bond motifs is 1. The second kappa shape index (κ2) is 10.1. The van der Waals surface area contributed by atoms with Crippen molar-refractivity contribution in [2.75, 3.05) is 7.11 Å². The minimum Gasteiger partial charge on any atom is -0.350 e. The van der Waals surface area contributed by atoms with Crippen molar-refractivity contribution in [3.8, 4) is 6.07 Å². The molecule has 4 aromatic rings. The molecule has 0 radical (unpaired) electrons. The molecule has 34 heavy (non-hydrogen) atoms. The van der Waals surface area contributed by atoms with Crippen LogP contribution in [0.4, 0.5) is 0 Å². The zero-order valence-corrected chi connectivity index (χ0v) is 21.6. The predicted molar refractivity (Wildman–Crippen MR) is 139 cm³/mol. The average molecular weight is 585 g/mol. The molecule has 4 rings (SSSR count). The van der Waals surface area contributed by atoms with E-state index in [1.807, 2.05) is 31.2 Å². The first-order valence-electron chi connectivity index (χ1n) is 10.3. The van der Waals surface area contributed by atoms with Crippen LogP contribution in [0.3, 0.4) is 0 Å². The Kier molecular flexibility index (Phi) is 7.12. The second-order valence-electron chi connectivity index (χ2n) is 7.71. The minimum atomic E-state index is -3.72. The number of aromatic amines is 1. The molecule has 0 aliphatic carbocycles. The Morgan fingerprint density at radius 1 is 1.21 bits per heavy atom. The van der Waals surface area contributed by atoms with Crippen LogP contribution in [-0.2, 0) is 22.1 Å². The molecule has 8 nitrogen and oxygen atoms in total. The number of H-pyrrole nitrogens is 1. The summed E-state index contributed by atoms with van der Waals surface area (Å²) in [5.41, 5.74) is 3.16. The number of halogens is 1. The highest BCUT2D eigenvalue weighted by Gasteiger charge is 2.36. The number of hydrogen-bond acceptors (Lipinski definition) is 6. The summed E-state index contributed by atoms with van der Waals surface area (Å²) in [6.07, 6.45) is 4.83. The fourth-order valence-corrected chi connectivity index (χ4v) is 6.65. The SMILES string of the molecule is COP(=O)(c1cc(C)cc(CC#N)c1)c1c(C(=O)NCc2cncnc2)[nH]c2ccc(I)cc12. The van der Waals surface area contributed by atoms with Crippen molar-refractivity contribution in [3.05, 3.63) is 81.1 Å². The lowest BCUT2D eigenvalue weighted by atomic mass is 10.1. The van der Waals surface area contributed by atoms with E-state index < -0.39 is 13.3 Å². The lowest BCUT2D eigenvalue weighted by Gasteiger charge is -2.19. The summed E-state index contributed by atoms with van der Waals surface area (Å²) in [4.78, 5) is 24.4. The van der Waals surface area contributed by atoms with Gasteiger partial charge in [0.25, 0.3) is 13.3 Å². The molecule has 0 saturated heterocycles. The van der Waals surface area contributed by atoms with E-state index in [-0.39, 0.29) is 18.7 Å². The van der Waals surface area contributed by atoms with Gasteiger partial charge in [0.2, 0.25) is 0 Å². The number of nitriles is 1. The van der Waals surface area contributed by atoms with E-state index in [2.05, 4.69) is 48.9 Å². The van der Waals surface area contributed by atoms with Gasteiger partial charge in [-0.05, 0) is 71.0 Å². The van der Waals surface area contributed by atoms with Gasteiger partial charge in [-0.2, -0.15) is 5.26 Å². The summed E-state index contributed by atoms with van der Waals surface area (Å²) in [7, 11) is -2.34. The van der Waals surface area contributed by atoms with Crippen LogP contribution in [0.15, 0.2) is 55.1 Å². The first-order valence-corrected chi connectivity index (χ1v) is 13.0. The van der Waals surface area contributed by atoms with Crippen molar-refractivity contribution in [1.82, 2.24) is 20.3 Å². The average Bonchev–Trinajstić information content (AvgIpc) is 3.22. The number of hydrogen-bond donors (Lipinski definition) is 2. The molecule has 2 aromatic heterocycles. The maximum Gasteiger partial charge on any atom is 0.268 e. The third kappa shape index (κ3) is 4.75. The molecule has 0 aliphatic heterocycles. The lowest BCUT2D eigenvalue weighted by molar-refractivity contribution is 0.0947. The minimum absolute atomic E-state index is 0.169. The molecule has 1 unspecified atom stereocenters. The number of nitrogens with one attached hydrogen (secondary N) is 2. The van der Waals surface area contributed by atoms with Crippen LogP contribution >= 0.6 is 30.0 Å². The Balaban J connectivity index is 1.87. The summed E-state index contributed by atoms with van der Waals surface area (Å²) in [5, 5.41) is 13.4. The smallest absolute Gasteiger partial charge is 0.268 e. The summed E-state index contributed by atoms with van der Waals surface area (Å²) in [5.74, 6) is -0.424. The summed E-state index contributed by atoms with van der Waals surface area (Å²) in [6, 6.07) is 13.1. The topological polar surface area (TPSA) is 121 Å². The van der Waals surface area contributed by atoms with Crippen LogP contribution in [0.2, 0.25) is 0 Å². The Morgan fingerprint density at radius 2 is 1.97 bits per heavy atom. The molecule has 10 heteroatoms. The zero-order valence-electron chi connectivity index (χ0n) is 18.5. The first kappa shape index (κ1) is 24.1. The van der Waals surface area contributed by atoms with E-state index >= 15 is 0 Å². The highest BCUT2D eigenvalue weighted by molar-refractivity contribution is 14.1. The van der Waals surface area contributed by atoms with Crippen LogP contribution in [0.25, 0.3) is 10.9 Å². The fraction of sp³-hybridized carbons (Fsp3) is 0.167. The van der Waals surface area contributed by atoms with Gasteiger partial charge in [0.15, 0.2) is 0 Å². The monoisotopic (exact) mass is 585 g/mol. The highest BCUT2D eigenvalue weighted by Crippen LogP contribution is 2.47. The summed E-state index contributed by atoms with van der Waals surface area (Å²) >= 11 is 2.18. The number of benzene rings is 2. The van der Waals surface area contributed by atoms with Crippen molar-refractivity contribution in [3.63, 3.8) is 0 Å². The third-order valence-electron chi connectivity index (χ3n) is 5.32. The van der Waals surface area contributed by atoms with Gasteiger partial charge >= 0.3 is 0 Å². The van der Waals surface area contributed by atoms with Gasteiger partial charge in [-0.1, -0.05) is 6.07 Å². The van der Waals surface area contributed by atoms with E-state index in [0.717, 1.165) is 20.3 Å². The standard InChI is InChI=1S/C24H21IN5O3P/c1-15-7-16(5-6-26)9-19(8-15)34(32,33-2)23-20-10-18(25)3-4-21(20)30-22(23)24(31)29-13-17-11-27-14-28-12-17/h3-4,7-12,14,30H,5,13H2,1-2H3,(H,29,31). The Labute approximate surface area is 210 Å². The third-order valence-corrected chi connectivity index (χ3v) is 8.50. The molecule has 0 fully saturated rings. The van der Waals surface area contributed by atoms with Gasteiger partial charge in [-0.25, -0.2) is 9.97 Å². The Bertz CT molecular complexity index is 1460. The van der Waals surface area contributed by atoms with E-state index in [0.29, 0.717) is 21.5 Å². The molecule has 1 atom stereocenters. The van der Waals surface area contributed by atoms with Crippen molar-refractivity contribution >= 4 is 57.4 Å². The molecule has 0 bridgehead atoms. The Morgan fingerprint density at radius 3 is 2.68 bits per heavy atom. The predicted octanol–water partition coefficient (Wildman–Crippen LogP) is 3.74. The number of aryl methyl sites for hydroxylation is 1. The largest absolute Gasteiger partial charge is 0.350 e. The van der Waals surface area contributed by atoms with Crippen molar-refractivity contribution in [2.24, 2.45) is 0 Å². The van der Waals surface area contributed by atoms with Gasteiger partial charge < -0.3 is 14.8 Å². The molecule has 1 amide bonds. The maximum atomic E-state index is 14.6. The number of amides is 1. The number of carbonyl (C=O) groups is 1. The van der Waals surface area contributed by atoms with Gasteiger partial charge in [-0.3, -0.25) is 9.36 Å². The molecule has 172 valence electrons. The fourth-order valence-electron chi connectivity index (χ4n) is 3.84. The molecular weight excluding hydrogens is 564 g/mol. The summed E-state index contributed by atoms with van der Waals surface area (Å²) in [6.45, 7) is 2.08. The number of aromatic nitrogens is 3. The van der Waals surface area contributed by atoms with Crippen LogP contribution in [-0.4, -0.2) is 28.0 Å². The Hall–Kier alpha value is -3.06. The van der Waals surface area contributed by atoms with E-state index in [4.69, 9.17) is 9.79 Å². The first-order chi connectivity index (χ1) is 16.4. The zero-order chi connectivity index (χ0) is 24.3. The van der Waals surface area contributed by atoms with Crippen molar-refractivity contribution < 1.29 is 13.9 Å². The lowest BCUT2D eigenvalue weighted by Crippen LogP contribution is -2.30. The molecule has 0 saturated carbocycles. The van der Waals surface area contributed by atoms with Crippen LogP contribution in [0.1, 0.15) is 27.2 Å². The van der Waals surface area contributed by atoms with Crippen LogP contribution in [0.5, 0.6) is 0 Å². The van der Waals surface area contributed by atoms with Gasteiger partial charge in [-0.15, -0.1) is 0 Å². The molecule has 0 spiro atoms. The van der Waals surface area contributed by atoms with Crippen LogP contribution < -0.4 is 15.9 Å².